The first-order valence-corrected chi connectivity index (χ1v) is 7.26. The van der Waals surface area contributed by atoms with Crippen LogP contribution in [0.15, 0.2) is 18.5 Å². The molecule has 0 aromatic carbocycles. The number of hydrogen-bond donors (Lipinski definition) is 1. The standard InChI is InChI=1S/C14H18N4O3/c19-14(11-1-2-11)17-6-4-10(9-17)7-16-12-3-5-15-8-13(12)18(20)21/h3,5,8,10-11H,1-2,4,6-7,9H2,(H,15,16). The van der Waals surface area contributed by atoms with Crippen LogP contribution in [0.25, 0.3) is 0 Å². The number of nitro groups is 1. The minimum atomic E-state index is -0.438. The number of nitrogens with one attached hydrogen (secondary N) is 1. The van der Waals surface area contributed by atoms with Crippen LogP contribution >= 0.6 is 0 Å². The maximum absolute atomic E-state index is 12.0. The average Bonchev–Trinajstić information content (AvgIpc) is 3.23. The van der Waals surface area contributed by atoms with E-state index in [9.17, 15) is 14.9 Å². The Kier molecular flexibility index (Phi) is 3.72. The van der Waals surface area contributed by atoms with Gasteiger partial charge in [-0.2, -0.15) is 0 Å². The monoisotopic (exact) mass is 290 g/mol. The Labute approximate surface area is 122 Å². The van der Waals surface area contributed by atoms with E-state index in [1.54, 1.807) is 6.07 Å². The fourth-order valence-electron chi connectivity index (χ4n) is 2.72. The highest BCUT2D eigenvalue weighted by Gasteiger charge is 2.36. The Hall–Kier alpha value is -2.18. The van der Waals surface area contributed by atoms with E-state index in [1.807, 2.05) is 4.90 Å². The number of rotatable bonds is 5. The Morgan fingerprint density at radius 2 is 2.29 bits per heavy atom. The van der Waals surface area contributed by atoms with E-state index in [4.69, 9.17) is 0 Å². The van der Waals surface area contributed by atoms with Gasteiger partial charge in [-0.05, 0) is 31.2 Å². The van der Waals surface area contributed by atoms with Crippen LogP contribution in [0.4, 0.5) is 11.4 Å². The fraction of sp³-hybridized carbons (Fsp3) is 0.571. The van der Waals surface area contributed by atoms with Crippen molar-refractivity contribution in [2.75, 3.05) is 25.0 Å². The molecular weight excluding hydrogens is 272 g/mol. The molecule has 1 saturated heterocycles. The lowest BCUT2D eigenvalue weighted by Gasteiger charge is -2.16. The van der Waals surface area contributed by atoms with Crippen molar-refractivity contribution < 1.29 is 9.72 Å². The maximum atomic E-state index is 12.0. The normalized spacial score (nSPS) is 21.3. The first kappa shape index (κ1) is 13.8. The molecule has 0 radical (unpaired) electrons. The van der Waals surface area contributed by atoms with Crippen molar-refractivity contribution in [3.8, 4) is 0 Å². The molecule has 3 rings (SSSR count). The minimum Gasteiger partial charge on any atom is -0.379 e. The van der Waals surface area contributed by atoms with Gasteiger partial charge in [-0.1, -0.05) is 0 Å². The highest BCUT2D eigenvalue weighted by Crippen LogP contribution is 2.33. The highest BCUT2D eigenvalue weighted by molar-refractivity contribution is 5.81. The van der Waals surface area contributed by atoms with Gasteiger partial charge in [-0.15, -0.1) is 0 Å². The van der Waals surface area contributed by atoms with E-state index < -0.39 is 4.92 Å². The molecule has 1 aromatic heterocycles. The van der Waals surface area contributed by atoms with Gasteiger partial charge >= 0.3 is 5.69 Å². The van der Waals surface area contributed by atoms with E-state index in [0.717, 1.165) is 32.4 Å². The van der Waals surface area contributed by atoms with Gasteiger partial charge in [0.05, 0.1) is 4.92 Å². The van der Waals surface area contributed by atoms with Crippen LogP contribution in [-0.4, -0.2) is 40.3 Å². The van der Waals surface area contributed by atoms with Crippen LogP contribution < -0.4 is 5.32 Å². The van der Waals surface area contributed by atoms with Crippen molar-refractivity contribution in [1.29, 1.82) is 0 Å². The molecule has 1 N–H and O–H groups in total. The molecule has 7 heteroatoms. The molecule has 1 aliphatic carbocycles. The molecular formula is C14H18N4O3. The third-order valence-corrected chi connectivity index (χ3v) is 4.10. The van der Waals surface area contributed by atoms with Crippen LogP contribution in [0.2, 0.25) is 0 Å². The molecule has 1 unspecified atom stereocenters. The maximum Gasteiger partial charge on any atom is 0.310 e. The zero-order valence-electron chi connectivity index (χ0n) is 11.7. The zero-order chi connectivity index (χ0) is 14.8. The number of likely N-dealkylation sites (tertiary alicyclic amines) is 1. The van der Waals surface area contributed by atoms with Crippen LogP contribution in [0.3, 0.4) is 0 Å². The second kappa shape index (κ2) is 5.67. The quantitative estimate of drug-likeness (QED) is 0.658. The van der Waals surface area contributed by atoms with E-state index in [1.165, 1.54) is 12.4 Å². The summed E-state index contributed by atoms with van der Waals surface area (Å²) in [5.74, 6) is 0.894. The number of nitrogens with zero attached hydrogens (tertiary/aromatic N) is 3. The SMILES string of the molecule is O=C(C1CC1)N1CCC(CNc2ccncc2[N+](=O)[O-])C1. The minimum absolute atomic E-state index is 0.0126. The van der Waals surface area contributed by atoms with Crippen LogP contribution in [0.5, 0.6) is 0 Å². The second-order valence-electron chi connectivity index (χ2n) is 5.74. The summed E-state index contributed by atoms with van der Waals surface area (Å²) in [5, 5.41) is 14.0. The second-order valence-corrected chi connectivity index (χ2v) is 5.74. The number of pyridine rings is 1. The predicted octanol–water partition coefficient (Wildman–Crippen LogP) is 1.66. The number of amides is 1. The van der Waals surface area contributed by atoms with Crippen LogP contribution in [-0.2, 0) is 4.79 Å². The van der Waals surface area contributed by atoms with Gasteiger partial charge < -0.3 is 10.2 Å². The lowest BCUT2D eigenvalue weighted by Crippen LogP contribution is -2.30. The van der Waals surface area contributed by atoms with Gasteiger partial charge in [0.1, 0.15) is 11.9 Å². The van der Waals surface area contributed by atoms with Crippen molar-refractivity contribution in [2.45, 2.75) is 19.3 Å². The number of anilines is 1. The summed E-state index contributed by atoms with van der Waals surface area (Å²) in [7, 11) is 0. The largest absolute Gasteiger partial charge is 0.379 e. The number of carbonyl (C=O) groups is 1. The molecule has 1 aliphatic heterocycles. The molecule has 2 heterocycles. The third kappa shape index (κ3) is 3.12. The summed E-state index contributed by atoms with van der Waals surface area (Å²) in [6.45, 7) is 2.20. The molecule has 7 nitrogen and oxygen atoms in total. The van der Waals surface area contributed by atoms with Crippen LogP contribution in [0, 0.1) is 22.0 Å². The fourth-order valence-corrected chi connectivity index (χ4v) is 2.72. The summed E-state index contributed by atoms with van der Waals surface area (Å²) in [4.78, 5) is 28.2. The van der Waals surface area contributed by atoms with Crippen LogP contribution in [0.1, 0.15) is 19.3 Å². The van der Waals surface area contributed by atoms with E-state index >= 15 is 0 Å². The molecule has 2 aliphatic rings. The Bertz CT molecular complexity index is 559. The van der Waals surface area contributed by atoms with Crippen molar-refractivity contribution in [3.63, 3.8) is 0 Å². The van der Waals surface area contributed by atoms with E-state index in [-0.39, 0.29) is 17.5 Å². The molecule has 2 fully saturated rings. The molecule has 1 atom stereocenters. The Balaban J connectivity index is 1.54. The van der Waals surface area contributed by atoms with Gasteiger partial charge in [0, 0.05) is 31.7 Å². The summed E-state index contributed by atoms with van der Waals surface area (Å²) < 4.78 is 0. The van der Waals surface area contributed by atoms with Gasteiger partial charge in [-0.3, -0.25) is 19.9 Å². The predicted molar refractivity (Wildman–Crippen MR) is 76.8 cm³/mol. The molecule has 1 saturated carbocycles. The molecule has 0 spiro atoms. The lowest BCUT2D eigenvalue weighted by atomic mass is 10.1. The Morgan fingerprint density at radius 1 is 1.48 bits per heavy atom. The van der Waals surface area contributed by atoms with Gasteiger partial charge in [0.2, 0.25) is 5.91 Å². The van der Waals surface area contributed by atoms with E-state index in [2.05, 4.69) is 10.3 Å². The summed E-state index contributed by atoms with van der Waals surface area (Å²) in [6.07, 6.45) is 5.79. The number of aromatic nitrogens is 1. The summed E-state index contributed by atoms with van der Waals surface area (Å²) in [5.41, 5.74) is 0.475. The first-order valence-electron chi connectivity index (χ1n) is 7.26. The highest BCUT2D eigenvalue weighted by atomic mass is 16.6. The van der Waals surface area contributed by atoms with Crippen molar-refractivity contribution in [2.24, 2.45) is 11.8 Å². The smallest absolute Gasteiger partial charge is 0.310 e. The zero-order valence-corrected chi connectivity index (χ0v) is 11.7. The van der Waals surface area contributed by atoms with Crippen molar-refractivity contribution >= 4 is 17.3 Å². The summed E-state index contributed by atoms with van der Waals surface area (Å²) in [6, 6.07) is 1.61. The van der Waals surface area contributed by atoms with E-state index in [0.29, 0.717) is 18.2 Å². The molecule has 1 amide bonds. The van der Waals surface area contributed by atoms with Crippen molar-refractivity contribution in [3.05, 3.63) is 28.6 Å². The number of carbonyl (C=O) groups excluding carboxylic acids is 1. The average molecular weight is 290 g/mol. The van der Waals surface area contributed by atoms with Gasteiger partial charge in [-0.25, -0.2) is 0 Å². The van der Waals surface area contributed by atoms with Gasteiger partial charge in [0.15, 0.2) is 0 Å². The van der Waals surface area contributed by atoms with Gasteiger partial charge in [0.25, 0.3) is 0 Å². The third-order valence-electron chi connectivity index (χ3n) is 4.10. The van der Waals surface area contributed by atoms with Crippen molar-refractivity contribution in [1.82, 2.24) is 9.88 Å². The molecule has 1 aromatic rings. The summed E-state index contributed by atoms with van der Waals surface area (Å²) >= 11 is 0. The molecule has 21 heavy (non-hydrogen) atoms. The lowest BCUT2D eigenvalue weighted by molar-refractivity contribution is -0.384. The number of hydrogen-bond acceptors (Lipinski definition) is 5. The first-order chi connectivity index (χ1) is 10.1. The Morgan fingerprint density at radius 3 is 3.00 bits per heavy atom. The topological polar surface area (TPSA) is 88.4 Å². The molecule has 0 bridgehead atoms. The molecule has 112 valence electrons.